The molecule has 0 amide bonds. The van der Waals surface area contributed by atoms with Gasteiger partial charge in [0.2, 0.25) is 0 Å². The molecule has 92 valence electrons. The first-order valence-corrected chi connectivity index (χ1v) is 5.93. The molecule has 0 saturated heterocycles. The van der Waals surface area contributed by atoms with Crippen LogP contribution in [0.3, 0.4) is 0 Å². The van der Waals surface area contributed by atoms with Crippen LogP contribution < -0.4 is 5.32 Å². The van der Waals surface area contributed by atoms with Crippen LogP contribution in [0.4, 0.5) is 0 Å². The van der Waals surface area contributed by atoms with Gasteiger partial charge >= 0.3 is 0 Å². The van der Waals surface area contributed by atoms with Crippen molar-refractivity contribution in [3.8, 4) is 0 Å². The van der Waals surface area contributed by atoms with Gasteiger partial charge in [-0.15, -0.1) is 0 Å². The monoisotopic (exact) mass is 217 g/mol. The van der Waals surface area contributed by atoms with Gasteiger partial charge in [-0.05, 0) is 32.2 Å². The summed E-state index contributed by atoms with van der Waals surface area (Å²) in [6, 6.07) is 0. The summed E-state index contributed by atoms with van der Waals surface area (Å²) in [6.07, 6.45) is 1.07. The van der Waals surface area contributed by atoms with Crippen molar-refractivity contribution < 1.29 is 9.47 Å². The Morgan fingerprint density at radius 3 is 2.00 bits per heavy atom. The summed E-state index contributed by atoms with van der Waals surface area (Å²) in [7, 11) is 0. The Hall–Kier alpha value is -0.120. The SMILES string of the molecule is CCOC(CNCCC(C)(C)C)OCC. The molecule has 0 radical (unpaired) electrons. The van der Waals surface area contributed by atoms with E-state index in [1.165, 1.54) is 0 Å². The minimum absolute atomic E-state index is 0.0973. The average molecular weight is 217 g/mol. The van der Waals surface area contributed by atoms with Crippen molar-refractivity contribution in [2.75, 3.05) is 26.3 Å². The Bertz CT molecular complexity index is 137. The van der Waals surface area contributed by atoms with Gasteiger partial charge in [-0.1, -0.05) is 20.8 Å². The molecule has 0 aliphatic heterocycles. The quantitative estimate of drug-likeness (QED) is 0.500. The van der Waals surface area contributed by atoms with E-state index in [1.807, 2.05) is 13.8 Å². The molecule has 0 spiro atoms. The highest BCUT2D eigenvalue weighted by Crippen LogP contribution is 2.16. The highest BCUT2D eigenvalue weighted by atomic mass is 16.7. The van der Waals surface area contributed by atoms with Crippen molar-refractivity contribution in [3.05, 3.63) is 0 Å². The molecule has 0 aromatic carbocycles. The predicted molar refractivity (Wildman–Crippen MR) is 64.0 cm³/mol. The van der Waals surface area contributed by atoms with Crippen molar-refractivity contribution >= 4 is 0 Å². The van der Waals surface area contributed by atoms with E-state index in [-0.39, 0.29) is 6.29 Å². The van der Waals surface area contributed by atoms with Gasteiger partial charge in [-0.25, -0.2) is 0 Å². The maximum Gasteiger partial charge on any atom is 0.169 e. The lowest BCUT2D eigenvalue weighted by Gasteiger charge is -2.21. The zero-order valence-electron chi connectivity index (χ0n) is 10.9. The number of nitrogens with one attached hydrogen (secondary N) is 1. The van der Waals surface area contributed by atoms with Gasteiger partial charge in [0, 0.05) is 19.8 Å². The molecule has 0 aromatic rings. The van der Waals surface area contributed by atoms with Crippen LogP contribution in [0.5, 0.6) is 0 Å². The van der Waals surface area contributed by atoms with Gasteiger partial charge in [0.05, 0.1) is 0 Å². The van der Waals surface area contributed by atoms with Crippen molar-refractivity contribution in [1.29, 1.82) is 0 Å². The van der Waals surface area contributed by atoms with E-state index in [1.54, 1.807) is 0 Å². The maximum absolute atomic E-state index is 5.43. The largest absolute Gasteiger partial charge is 0.352 e. The van der Waals surface area contributed by atoms with Crippen molar-refractivity contribution in [2.24, 2.45) is 5.41 Å². The van der Waals surface area contributed by atoms with Crippen LogP contribution in [0, 0.1) is 5.41 Å². The summed E-state index contributed by atoms with van der Waals surface area (Å²) < 4.78 is 10.9. The second-order valence-electron chi connectivity index (χ2n) is 4.86. The third-order valence-corrected chi connectivity index (χ3v) is 2.07. The molecular weight excluding hydrogens is 190 g/mol. The predicted octanol–water partition coefficient (Wildman–Crippen LogP) is 2.41. The summed E-state index contributed by atoms with van der Waals surface area (Å²) in [6.45, 7) is 13.9. The average Bonchev–Trinajstić information content (AvgIpc) is 2.11. The molecule has 0 aliphatic rings. The van der Waals surface area contributed by atoms with Crippen LogP contribution in [-0.2, 0) is 9.47 Å². The van der Waals surface area contributed by atoms with Crippen molar-refractivity contribution in [2.45, 2.75) is 47.3 Å². The first kappa shape index (κ1) is 14.9. The van der Waals surface area contributed by atoms with E-state index in [4.69, 9.17) is 9.47 Å². The van der Waals surface area contributed by atoms with E-state index < -0.39 is 0 Å². The number of hydrogen-bond acceptors (Lipinski definition) is 3. The third-order valence-electron chi connectivity index (χ3n) is 2.07. The summed E-state index contributed by atoms with van der Waals surface area (Å²) in [5, 5.41) is 3.36. The normalized spacial score (nSPS) is 12.4. The Kier molecular flexibility index (Phi) is 8.02. The highest BCUT2D eigenvalue weighted by molar-refractivity contribution is 4.63. The van der Waals surface area contributed by atoms with Crippen LogP contribution in [0.15, 0.2) is 0 Å². The van der Waals surface area contributed by atoms with Crippen molar-refractivity contribution in [1.82, 2.24) is 5.32 Å². The molecule has 0 bridgehead atoms. The first-order chi connectivity index (χ1) is 6.99. The smallest absolute Gasteiger partial charge is 0.169 e. The lowest BCUT2D eigenvalue weighted by molar-refractivity contribution is -0.132. The summed E-state index contributed by atoms with van der Waals surface area (Å²) in [5.41, 5.74) is 0.389. The molecule has 3 nitrogen and oxygen atoms in total. The summed E-state index contributed by atoms with van der Waals surface area (Å²) in [5.74, 6) is 0. The second-order valence-corrected chi connectivity index (χ2v) is 4.86. The number of ether oxygens (including phenoxy) is 2. The molecule has 0 fully saturated rings. The molecule has 0 unspecified atom stereocenters. The zero-order chi connectivity index (χ0) is 11.7. The Morgan fingerprint density at radius 1 is 1.07 bits per heavy atom. The van der Waals surface area contributed by atoms with Crippen LogP contribution >= 0.6 is 0 Å². The van der Waals surface area contributed by atoms with Crippen LogP contribution in [-0.4, -0.2) is 32.6 Å². The Morgan fingerprint density at radius 2 is 1.60 bits per heavy atom. The molecule has 1 N–H and O–H groups in total. The van der Waals surface area contributed by atoms with Gasteiger partial charge in [0.1, 0.15) is 0 Å². The van der Waals surface area contributed by atoms with Gasteiger partial charge in [-0.3, -0.25) is 0 Å². The van der Waals surface area contributed by atoms with E-state index in [0.717, 1.165) is 19.5 Å². The summed E-state index contributed by atoms with van der Waals surface area (Å²) >= 11 is 0. The minimum Gasteiger partial charge on any atom is -0.352 e. The van der Waals surface area contributed by atoms with Gasteiger partial charge < -0.3 is 14.8 Å². The third kappa shape index (κ3) is 10.2. The van der Waals surface area contributed by atoms with Crippen LogP contribution in [0.2, 0.25) is 0 Å². The molecule has 0 atom stereocenters. The molecule has 15 heavy (non-hydrogen) atoms. The standard InChI is InChI=1S/C12H27NO2/c1-6-14-11(15-7-2)10-13-9-8-12(3,4)5/h11,13H,6-10H2,1-5H3. The fourth-order valence-electron chi connectivity index (χ4n) is 1.22. The van der Waals surface area contributed by atoms with E-state index in [2.05, 4.69) is 26.1 Å². The van der Waals surface area contributed by atoms with E-state index in [0.29, 0.717) is 18.6 Å². The van der Waals surface area contributed by atoms with Gasteiger partial charge in [0.15, 0.2) is 6.29 Å². The number of hydrogen-bond donors (Lipinski definition) is 1. The minimum atomic E-state index is -0.0973. The first-order valence-electron chi connectivity index (χ1n) is 5.93. The molecule has 0 saturated carbocycles. The highest BCUT2D eigenvalue weighted by Gasteiger charge is 2.10. The molecule has 0 aliphatic carbocycles. The summed E-state index contributed by atoms with van der Waals surface area (Å²) in [4.78, 5) is 0. The lowest BCUT2D eigenvalue weighted by Crippen LogP contribution is -2.33. The van der Waals surface area contributed by atoms with E-state index in [9.17, 15) is 0 Å². The molecule has 3 heteroatoms. The van der Waals surface area contributed by atoms with E-state index >= 15 is 0 Å². The molecule has 0 heterocycles. The fourth-order valence-corrected chi connectivity index (χ4v) is 1.22. The number of rotatable bonds is 8. The van der Waals surface area contributed by atoms with Gasteiger partial charge in [-0.2, -0.15) is 0 Å². The Labute approximate surface area is 94.5 Å². The maximum atomic E-state index is 5.43. The van der Waals surface area contributed by atoms with Crippen LogP contribution in [0.1, 0.15) is 41.0 Å². The van der Waals surface area contributed by atoms with Crippen molar-refractivity contribution in [3.63, 3.8) is 0 Å². The zero-order valence-corrected chi connectivity index (χ0v) is 10.9. The van der Waals surface area contributed by atoms with Crippen LogP contribution in [0.25, 0.3) is 0 Å². The Balaban J connectivity index is 3.52. The topological polar surface area (TPSA) is 30.5 Å². The fraction of sp³-hybridized carbons (Fsp3) is 1.00. The molecule has 0 aromatic heterocycles. The molecular formula is C12H27NO2. The lowest BCUT2D eigenvalue weighted by atomic mass is 9.92. The molecule has 0 rings (SSSR count). The van der Waals surface area contributed by atoms with Gasteiger partial charge in [0.25, 0.3) is 0 Å². The second kappa shape index (κ2) is 8.08.